The number of hydrogen-bond acceptors (Lipinski definition) is 3. The van der Waals surface area contributed by atoms with Gasteiger partial charge in [-0.1, -0.05) is 60.1 Å². The summed E-state index contributed by atoms with van der Waals surface area (Å²) in [4.78, 5) is 24.4. The molecule has 0 spiro atoms. The second kappa shape index (κ2) is 9.49. The number of ether oxygens (including phenoxy) is 1. The number of carbonyl (C=O) groups excluding carboxylic acids is 2. The Hall–Kier alpha value is -3.43. The Morgan fingerprint density at radius 3 is 2.18 bits per heavy atom. The van der Waals surface area contributed by atoms with Crippen LogP contribution in [-0.2, 0) is 4.79 Å². The van der Waals surface area contributed by atoms with Crippen molar-refractivity contribution in [2.45, 2.75) is 0 Å². The van der Waals surface area contributed by atoms with Crippen LogP contribution >= 0.6 is 11.6 Å². The molecule has 4 heteroatoms. The molecule has 0 fully saturated rings. The number of benzene rings is 3. The maximum atomic E-state index is 12.3. The number of carbonyl (C=O) groups is 2. The standard InChI is InChI=1S/C24H17ClO3/c25-21-14-11-19(12-15-21)22(26)16-13-20-8-4-5-9-23(20)28-24(27)17-10-18-6-2-1-3-7-18/h1-17H. The van der Waals surface area contributed by atoms with Crippen LogP contribution in [0, 0.1) is 0 Å². The summed E-state index contributed by atoms with van der Waals surface area (Å²) in [5.41, 5.74) is 2.06. The molecule has 0 saturated heterocycles. The van der Waals surface area contributed by atoms with Gasteiger partial charge >= 0.3 is 5.97 Å². The monoisotopic (exact) mass is 388 g/mol. The number of hydrogen-bond donors (Lipinski definition) is 0. The van der Waals surface area contributed by atoms with Gasteiger partial charge in [0.05, 0.1) is 0 Å². The average Bonchev–Trinajstić information content (AvgIpc) is 2.73. The molecule has 138 valence electrons. The first-order valence-electron chi connectivity index (χ1n) is 8.64. The number of ketones is 1. The van der Waals surface area contributed by atoms with Crippen molar-refractivity contribution in [2.24, 2.45) is 0 Å². The first kappa shape index (κ1) is 19.3. The lowest BCUT2D eigenvalue weighted by molar-refractivity contribution is -0.128. The largest absolute Gasteiger partial charge is 0.423 e. The Bertz CT molecular complexity index is 1020. The van der Waals surface area contributed by atoms with Crippen molar-refractivity contribution < 1.29 is 14.3 Å². The van der Waals surface area contributed by atoms with Gasteiger partial charge in [0, 0.05) is 22.2 Å². The van der Waals surface area contributed by atoms with Crippen molar-refractivity contribution in [3.8, 4) is 5.75 Å². The zero-order valence-electron chi connectivity index (χ0n) is 14.9. The van der Waals surface area contributed by atoms with Crippen LogP contribution in [0.5, 0.6) is 5.75 Å². The average molecular weight is 389 g/mol. The van der Waals surface area contributed by atoms with E-state index in [1.807, 2.05) is 36.4 Å². The molecule has 0 heterocycles. The number of esters is 1. The minimum atomic E-state index is -0.492. The van der Waals surface area contributed by atoms with Crippen molar-refractivity contribution >= 4 is 35.5 Å². The fourth-order valence-corrected chi connectivity index (χ4v) is 2.58. The predicted molar refractivity (Wildman–Crippen MR) is 112 cm³/mol. The molecule has 0 unspecified atom stereocenters. The summed E-state index contributed by atoms with van der Waals surface area (Å²) in [7, 11) is 0. The van der Waals surface area contributed by atoms with Gasteiger partial charge in [-0.2, -0.15) is 0 Å². The summed E-state index contributed by atoms with van der Waals surface area (Å²) in [5, 5.41) is 0.571. The molecule has 0 aliphatic heterocycles. The normalized spacial score (nSPS) is 11.0. The Morgan fingerprint density at radius 2 is 1.43 bits per heavy atom. The van der Waals surface area contributed by atoms with E-state index >= 15 is 0 Å². The minimum Gasteiger partial charge on any atom is -0.423 e. The lowest BCUT2D eigenvalue weighted by Crippen LogP contribution is -2.04. The van der Waals surface area contributed by atoms with E-state index in [0.29, 0.717) is 21.9 Å². The van der Waals surface area contributed by atoms with Crippen LogP contribution in [0.25, 0.3) is 12.2 Å². The van der Waals surface area contributed by atoms with Crippen molar-refractivity contribution in [2.75, 3.05) is 0 Å². The van der Waals surface area contributed by atoms with Crippen LogP contribution in [0.1, 0.15) is 21.5 Å². The molecule has 3 nitrogen and oxygen atoms in total. The highest BCUT2D eigenvalue weighted by atomic mass is 35.5. The molecule has 3 aromatic carbocycles. The molecule has 0 radical (unpaired) electrons. The van der Waals surface area contributed by atoms with Gasteiger partial charge < -0.3 is 4.74 Å². The lowest BCUT2D eigenvalue weighted by Gasteiger charge is -2.05. The third kappa shape index (κ3) is 5.53. The molecule has 0 aliphatic carbocycles. The van der Waals surface area contributed by atoms with Gasteiger partial charge in [0.1, 0.15) is 5.75 Å². The third-order valence-electron chi connectivity index (χ3n) is 3.88. The summed E-state index contributed by atoms with van der Waals surface area (Å²) >= 11 is 5.84. The Balaban J connectivity index is 1.70. The van der Waals surface area contributed by atoms with Crippen LogP contribution in [0.4, 0.5) is 0 Å². The third-order valence-corrected chi connectivity index (χ3v) is 4.14. The highest BCUT2D eigenvalue weighted by Crippen LogP contribution is 2.20. The molecule has 0 amide bonds. The van der Waals surface area contributed by atoms with E-state index in [4.69, 9.17) is 16.3 Å². The SMILES string of the molecule is O=C(C=Cc1ccccc1)Oc1ccccc1C=CC(=O)c1ccc(Cl)cc1. The maximum Gasteiger partial charge on any atom is 0.336 e. The molecule has 3 aromatic rings. The van der Waals surface area contributed by atoms with Gasteiger partial charge in [-0.15, -0.1) is 0 Å². The molecule has 0 aromatic heterocycles. The van der Waals surface area contributed by atoms with E-state index in [0.717, 1.165) is 5.56 Å². The summed E-state index contributed by atoms with van der Waals surface area (Å²) < 4.78 is 5.42. The zero-order chi connectivity index (χ0) is 19.8. The van der Waals surface area contributed by atoms with E-state index < -0.39 is 5.97 Å². The van der Waals surface area contributed by atoms with Gasteiger partial charge in [-0.05, 0) is 54.1 Å². The van der Waals surface area contributed by atoms with Crippen molar-refractivity contribution in [1.29, 1.82) is 0 Å². The highest BCUT2D eigenvalue weighted by molar-refractivity contribution is 6.30. The van der Waals surface area contributed by atoms with Gasteiger partial charge in [0.25, 0.3) is 0 Å². The molecule has 28 heavy (non-hydrogen) atoms. The smallest absolute Gasteiger partial charge is 0.336 e. The number of halogens is 1. The van der Waals surface area contributed by atoms with E-state index in [1.165, 1.54) is 12.2 Å². The fourth-order valence-electron chi connectivity index (χ4n) is 2.46. The van der Waals surface area contributed by atoms with Crippen LogP contribution in [0.2, 0.25) is 5.02 Å². The van der Waals surface area contributed by atoms with E-state index in [9.17, 15) is 9.59 Å². The predicted octanol–water partition coefficient (Wildman–Crippen LogP) is 5.85. The van der Waals surface area contributed by atoms with Crippen LogP contribution in [0.3, 0.4) is 0 Å². The van der Waals surface area contributed by atoms with Crippen molar-refractivity contribution in [1.82, 2.24) is 0 Å². The Kier molecular flexibility index (Phi) is 6.55. The number of rotatable bonds is 6. The molecular formula is C24H17ClO3. The molecule has 0 N–H and O–H groups in total. The van der Waals surface area contributed by atoms with Crippen molar-refractivity contribution in [3.63, 3.8) is 0 Å². The lowest BCUT2D eigenvalue weighted by atomic mass is 10.1. The minimum absolute atomic E-state index is 0.165. The second-order valence-corrected chi connectivity index (χ2v) is 6.34. The summed E-state index contributed by atoms with van der Waals surface area (Å²) in [6.45, 7) is 0. The van der Waals surface area contributed by atoms with E-state index in [-0.39, 0.29) is 5.78 Å². The first-order valence-corrected chi connectivity index (χ1v) is 9.01. The van der Waals surface area contributed by atoms with E-state index in [2.05, 4.69) is 0 Å². The number of allylic oxidation sites excluding steroid dienone is 1. The molecular weight excluding hydrogens is 372 g/mol. The van der Waals surface area contributed by atoms with Crippen LogP contribution in [0.15, 0.2) is 91.0 Å². The van der Waals surface area contributed by atoms with Gasteiger partial charge in [-0.3, -0.25) is 4.79 Å². The molecule has 0 atom stereocenters. The molecule has 0 saturated carbocycles. The summed E-state index contributed by atoms with van der Waals surface area (Å²) in [6, 6.07) is 23.2. The fraction of sp³-hybridized carbons (Fsp3) is 0. The molecule has 0 bridgehead atoms. The van der Waals surface area contributed by atoms with Crippen LogP contribution < -0.4 is 4.74 Å². The maximum absolute atomic E-state index is 12.3. The highest BCUT2D eigenvalue weighted by Gasteiger charge is 2.06. The van der Waals surface area contributed by atoms with Crippen LogP contribution in [-0.4, -0.2) is 11.8 Å². The van der Waals surface area contributed by atoms with Gasteiger partial charge in [-0.25, -0.2) is 4.79 Å². The first-order chi connectivity index (χ1) is 13.6. The summed E-state index contributed by atoms with van der Waals surface area (Å²) in [5.74, 6) is -0.277. The van der Waals surface area contributed by atoms with Gasteiger partial charge in [0.15, 0.2) is 5.78 Å². The van der Waals surface area contributed by atoms with Crippen molar-refractivity contribution in [3.05, 3.63) is 113 Å². The van der Waals surface area contributed by atoms with E-state index in [1.54, 1.807) is 54.6 Å². The quantitative estimate of drug-likeness (QED) is 0.230. The molecule has 0 aliphatic rings. The Labute approximate surface area is 168 Å². The zero-order valence-corrected chi connectivity index (χ0v) is 15.7. The molecule has 3 rings (SSSR count). The number of para-hydroxylation sites is 1. The topological polar surface area (TPSA) is 43.4 Å². The van der Waals surface area contributed by atoms with Gasteiger partial charge in [0.2, 0.25) is 0 Å². The summed E-state index contributed by atoms with van der Waals surface area (Å²) in [6.07, 6.45) is 6.12. The Morgan fingerprint density at radius 1 is 0.750 bits per heavy atom. The second-order valence-electron chi connectivity index (χ2n) is 5.91.